The van der Waals surface area contributed by atoms with Crippen molar-refractivity contribution in [1.82, 2.24) is 9.78 Å². The lowest BCUT2D eigenvalue weighted by Crippen LogP contribution is -2.68. The Morgan fingerprint density at radius 1 is 1.18 bits per heavy atom. The maximum Gasteiger partial charge on any atom is 0.241 e. The molecule has 2 unspecified atom stereocenters. The van der Waals surface area contributed by atoms with E-state index < -0.39 is 29.0 Å². The summed E-state index contributed by atoms with van der Waals surface area (Å²) in [5.74, 6) is -0.0925. The fourth-order valence-electron chi connectivity index (χ4n) is 8.68. The van der Waals surface area contributed by atoms with Gasteiger partial charge in [0.25, 0.3) is 0 Å². The van der Waals surface area contributed by atoms with E-state index in [1.807, 2.05) is 58.2 Å². The summed E-state index contributed by atoms with van der Waals surface area (Å²) in [7, 11) is 1.88. The second-order valence-corrected chi connectivity index (χ2v) is 13.4. The van der Waals surface area contributed by atoms with Crippen molar-refractivity contribution in [2.45, 2.75) is 71.6 Å². The molecule has 1 saturated heterocycles. The third kappa shape index (κ3) is 2.85. The second kappa shape index (κ2) is 7.38. The number of ether oxygens (including phenoxy) is 3. The fraction of sp³-hybridized carbons (Fsp3) is 0.613. The molecular formula is C31H38N2O5. The van der Waals surface area contributed by atoms with Crippen molar-refractivity contribution in [3.63, 3.8) is 0 Å². The highest BCUT2D eigenvalue weighted by molar-refractivity contribution is 5.95. The fourth-order valence-corrected chi connectivity index (χ4v) is 8.68. The number of fused-ring (bicyclic) bond motifs is 6. The Balaban J connectivity index is 1.43. The van der Waals surface area contributed by atoms with Gasteiger partial charge in [0.15, 0.2) is 23.3 Å². The molecule has 202 valence electrons. The van der Waals surface area contributed by atoms with E-state index >= 15 is 0 Å². The van der Waals surface area contributed by atoms with Crippen LogP contribution in [0.25, 0.3) is 10.9 Å². The molecule has 8 atom stereocenters. The van der Waals surface area contributed by atoms with Gasteiger partial charge in [-0.1, -0.05) is 45.1 Å². The minimum atomic E-state index is -1.66. The average Bonchev–Trinajstić information content (AvgIpc) is 3.17. The molecule has 38 heavy (non-hydrogen) atoms. The Morgan fingerprint density at radius 2 is 1.92 bits per heavy atom. The highest BCUT2D eigenvalue weighted by Gasteiger charge is 2.77. The van der Waals surface area contributed by atoms with Crippen molar-refractivity contribution < 1.29 is 24.1 Å². The van der Waals surface area contributed by atoms with Crippen LogP contribution in [-0.2, 0) is 21.3 Å². The molecule has 7 rings (SSSR count). The quantitative estimate of drug-likeness (QED) is 0.586. The topological polar surface area (TPSA) is 82.8 Å². The Labute approximate surface area is 223 Å². The molecular weight excluding hydrogens is 480 g/mol. The molecule has 7 heteroatoms. The number of benzene rings is 1. The number of aromatic nitrogens is 2. The predicted octanol–water partition coefficient (Wildman–Crippen LogP) is 4.59. The number of aliphatic hydroxyl groups is 1. The van der Waals surface area contributed by atoms with E-state index in [-0.39, 0.29) is 29.0 Å². The van der Waals surface area contributed by atoms with Gasteiger partial charge in [-0.3, -0.25) is 9.48 Å². The number of hydrogen-bond acceptors (Lipinski definition) is 6. The molecule has 0 radical (unpaired) electrons. The van der Waals surface area contributed by atoms with Gasteiger partial charge in [0.05, 0.1) is 22.9 Å². The van der Waals surface area contributed by atoms with E-state index in [1.165, 1.54) is 0 Å². The minimum absolute atomic E-state index is 0.0843. The van der Waals surface area contributed by atoms with E-state index in [0.717, 1.165) is 28.5 Å². The van der Waals surface area contributed by atoms with Crippen LogP contribution in [0.4, 0.5) is 0 Å². The van der Waals surface area contributed by atoms with Crippen molar-refractivity contribution in [3.8, 4) is 5.88 Å². The number of allylic oxidation sites excluding steroid dienone is 1. The van der Waals surface area contributed by atoms with Gasteiger partial charge in [0.1, 0.15) is 6.10 Å². The van der Waals surface area contributed by atoms with Gasteiger partial charge >= 0.3 is 0 Å². The zero-order valence-corrected chi connectivity index (χ0v) is 23.3. The lowest BCUT2D eigenvalue weighted by Gasteiger charge is -2.52. The number of carbonyl (C=O) groups is 1. The monoisotopic (exact) mass is 518 g/mol. The maximum atomic E-state index is 14.8. The van der Waals surface area contributed by atoms with Gasteiger partial charge in [-0.05, 0) is 73.6 Å². The molecule has 1 aromatic carbocycles. The van der Waals surface area contributed by atoms with Crippen molar-refractivity contribution >= 4 is 16.7 Å². The van der Waals surface area contributed by atoms with Gasteiger partial charge in [-0.15, -0.1) is 5.10 Å². The lowest BCUT2D eigenvalue weighted by atomic mass is 9.59. The van der Waals surface area contributed by atoms with Crippen LogP contribution in [-0.4, -0.2) is 50.9 Å². The third-order valence-corrected chi connectivity index (χ3v) is 10.6. The van der Waals surface area contributed by atoms with Crippen molar-refractivity contribution in [1.29, 1.82) is 0 Å². The molecule has 7 nitrogen and oxygen atoms in total. The first-order valence-electron chi connectivity index (χ1n) is 13.9. The largest absolute Gasteiger partial charge is 0.465 e. The number of rotatable bonds is 2. The number of nitrogens with zero attached hydrogens (tertiary/aromatic N) is 2. The summed E-state index contributed by atoms with van der Waals surface area (Å²) >= 11 is 0. The predicted molar refractivity (Wildman–Crippen MR) is 142 cm³/mol. The lowest BCUT2D eigenvalue weighted by molar-refractivity contribution is -0.301. The van der Waals surface area contributed by atoms with E-state index in [0.29, 0.717) is 18.4 Å². The Bertz CT molecular complexity index is 1430. The van der Waals surface area contributed by atoms with Gasteiger partial charge in [0, 0.05) is 13.0 Å². The molecule has 2 bridgehead atoms. The van der Waals surface area contributed by atoms with Gasteiger partial charge in [-0.25, -0.2) is 0 Å². The molecule has 2 saturated carbocycles. The second-order valence-electron chi connectivity index (χ2n) is 13.4. The first-order chi connectivity index (χ1) is 17.8. The van der Waals surface area contributed by atoms with Gasteiger partial charge in [0.2, 0.25) is 5.88 Å². The van der Waals surface area contributed by atoms with Crippen LogP contribution in [0.3, 0.4) is 0 Å². The first kappa shape index (κ1) is 24.6. The molecule has 1 aliphatic heterocycles. The number of carbonyl (C=O) groups excluding carboxylic acids is 1. The summed E-state index contributed by atoms with van der Waals surface area (Å²) in [6.07, 6.45) is 3.43. The molecule has 4 aliphatic carbocycles. The standard InChI is InChI=1S/C31H38N2O5/c1-16-14-30-17(2)12-21-23(28(21,3)4)20(24(30)34)13-18-15-36-29(5,6)38-26(18)31(30,35)25(16)37-27-19-10-8-9-11-22(19)33(7)32-27/h8-11,13-14,17,20-21,23,25-26,35H,12,15H2,1-7H3/t17-,20+,21?,23?,25+,26-,30+,31-/m1/s1. The highest BCUT2D eigenvalue weighted by atomic mass is 16.7. The van der Waals surface area contributed by atoms with Crippen molar-refractivity contribution in [2.75, 3.05) is 6.61 Å². The van der Waals surface area contributed by atoms with Crippen LogP contribution in [0.1, 0.15) is 48.0 Å². The number of aryl methyl sites for hydroxylation is 1. The van der Waals surface area contributed by atoms with Crippen LogP contribution in [0.15, 0.2) is 47.6 Å². The maximum absolute atomic E-state index is 14.8. The summed E-state index contributed by atoms with van der Waals surface area (Å²) in [6, 6.07) is 7.89. The smallest absolute Gasteiger partial charge is 0.241 e. The van der Waals surface area contributed by atoms with Crippen LogP contribution in [0.2, 0.25) is 0 Å². The Hall–Kier alpha value is -2.48. The molecule has 2 heterocycles. The SMILES string of the molecule is CC1=C[C@]23C(=O)[C@@H](C=C4COC(C)(C)O[C@H]4[C@]2(O)[C@H]1Oc1nn(C)c2ccccc12)C1C(C[C@H]3C)C1(C)C. The first-order valence-corrected chi connectivity index (χ1v) is 13.9. The minimum Gasteiger partial charge on any atom is -0.465 e. The molecule has 1 aromatic heterocycles. The number of para-hydroxylation sites is 1. The van der Waals surface area contributed by atoms with Crippen molar-refractivity contribution in [3.05, 3.63) is 47.6 Å². The van der Waals surface area contributed by atoms with Gasteiger partial charge < -0.3 is 19.3 Å². The summed E-state index contributed by atoms with van der Waals surface area (Å²) in [6.45, 7) is 12.7. The third-order valence-electron chi connectivity index (χ3n) is 10.6. The molecule has 0 amide bonds. The van der Waals surface area contributed by atoms with Crippen LogP contribution in [0.5, 0.6) is 5.88 Å². The summed E-state index contributed by atoms with van der Waals surface area (Å²) in [5.41, 5.74) is -0.0996. The summed E-state index contributed by atoms with van der Waals surface area (Å²) in [5, 5.41) is 18.8. The normalized spacial score (nSPS) is 42.3. The molecule has 1 N–H and O–H groups in total. The summed E-state index contributed by atoms with van der Waals surface area (Å²) < 4.78 is 21.2. The molecule has 2 aromatic rings. The van der Waals surface area contributed by atoms with E-state index in [4.69, 9.17) is 14.2 Å². The number of Topliss-reactive ketones (excluding diaryl/α,β-unsaturated/α-hetero) is 1. The van der Waals surface area contributed by atoms with Crippen LogP contribution < -0.4 is 4.74 Å². The van der Waals surface area contributed by atoms with Crippen LogP contribution in [0, 0.1) is 34.5 Å². The molecule has 3 fully saturated rings. The zero-order chi connectivity index (χ0) is 27.0. The van der Waals surface area contributed by atoms with Crippen LogP contribution >= 0.6 is 0 Å². The Kier molecular flexibility index (Phi) is 4.77. The number of hydrogen-bond donors (Lipinski definition) is 1. The van der Waals surface area contributed by atoms with E-state index in [2.05, 4.69) is 31.9 Å². The van der Waals surface area contributed by atoms with E-state index in [9.17, 15) is 9.90 Å². The van der Waals surface area contributed by atoms with Gasteiger partial charge in [-0.2, -0.15) is 0 Å². The Morgan fingerprint density at radius 3 is 2.68 bits per heavy atom. The van der Waals surface area contributed by atoms with E-state index in [1.54, 1.807) is 4.68 Å². The van der Waals surface area contributed by atoms with Crippen molar-refractivity contribution in [2.24, 2.45) is 41.5 Å². The number of ketones is 1. The molecule has 1 spiro atoms. The molecule has 5 aliphatic rings. The summed E-state index contributed by atoms with van der Waals surface area (Å²) in [4.78, 5) is 14.8. The average molecular weight is 519 g/mol. The highest BCUT2D eigenvalue weighted by Crippen LogP contribution is 2.72. The zero-order valence-electron chi connectivity index (χ0n) is 23.3.